The van der Waals surface area contributed by atoms with E-state index in [9.17, 15) is 14.4 Å². The van der Waals surface area contributed by atoms with E-state index in [2.05, 4.69) is 31.7 Å². The summed E-state index contributed by atoms with van der Waals surface area (Å²) in [6.07, 6.45) is 0.924. The minimum atomic E-state index is -0.426. The molecule has 3 aromatic rings. The highest BCUT2D eigenvalue weighted by molar-refractivity contribution is 7.22. The van der Waals surface area contributed by atoms with Crippen molar-refractivity contribution in [1.82, 2.24) is 14.8 Å². The van der Waals surface area contributed by atoms with Gasteiger partial charge < -0.3 is 4.90 Å². The van der Waals surface area contributed by atoms with E-state index in [0.717, 1.165) is 34.6 Å². The number of hydrogen-bond acceptors (Lipinski definition) is 6. The number of hydrogen-bond donors (Lipinski definition) is 0. The van der Waals surface area contributed by atoms with Gasteiger partial charge in [0.2, 0.25) is 5.91 Å². The van der Waals surface area contributed by atoms with Crippen molar-refractivity contribution in [3.05, 3.63) is 59.2 Å². The Morgan fingerprint density at radius 2 is 1.64 bits per heavy atom. The van der Waals surface area contributed by atoms with Gasteiger partial charge in [0, 0.05) is 13.1 Å². The first-order valence-corrected chi connectivity index (χ1v) is 12.2. The van der Waals surface area contributed by atoms with Crippen molar-refractivity contribution in [2.24, 2.45) is 0 Å². The third kappa shape index (κ3) is 4.54. The molecule has 0 unspecified atom stereocenters. The van der Waals surface area contributed by atoms with Gasteiger partial charge in [-0.3, -0.25) is 24.2 Å². The smallest absolute Gasteiger partial charge is 0.262 e. The van der Waals surface area contributed by atoms with Gasteiger partial charge in [0.25, 0.3) is 11.8 Å². The van der Waals surface area contributed by atoms with Crippen molar-refractivity contribution in [2.75, 3.05) is 37.6 Å². The molecular formula is C25H28N4O3S. The summed E-state index contributed by atoms with van der Waals surface area (Å²) in [6, 6.07) is 12.8. The summed E-state index contributed by atoms with van der Waals surface area (Å²) < 4.78 is 1.02. The molecule has 0 radical (unpaired) electrons. The van der Waals surface area contributed by atoms with Gasteiger partial charge in [-0.1, -0.05) is 50.3 Å². The standard InChI is InChI=1S/C25H28N4O3S/c1-4-17-11-12-20-21(15-17)33-25(26-20)28(14-13-27(5-2)6-3)22(30)16-29-23(31)18-9-7-8-10-19(18)24(29)32/h7-12,15H,4-6,13-14,16H2,1-3H3. The second-order valence-corrected chi connectivity index (χ2v) is 8.98. The molecule has 1 aliphatic heterocycles. The Kier molecular flexibility index (Phi) is 6.85. The fraction of sp³-hybridized carbons (Fsp3) is 0.360. The molecule has 4 rings (SSSR count). The van der Waals surface area contributed by atoms with Gasteiger partial charge >= 0.3 is 0 Å². The molecule has 0 spiro atoms. The third-order valence-electron chi connectivity index (χ3n) is 6.09. The molecule has 1 aliphatic rings. The maximum absolute atomic E-state index is 13.5. The first kappa shape index (κ1) is 23.1. The molecule has 0 bridgehead atoms. The van der Waals surface area contributed by atoms with Crippen LogP contribution in [-0.4, -0.2) is 65.2 Å². The van der Waals surface area contributed by atoms with Crippen LogP contribution in [0.2, 0.25) is 0 Å². The maximum Gasteiger partial charge on any atom is 0.262 e. The number of rotatable bonds is 9. The molecule has 3 amide bonds. The van der Waals surface area contributed by atoms with Crippen LogP contribution in [0.1, 0.15) is 47.1 Å². The van der Waals surface area contributed by atoms with Gasteiger partial charge in [-0.05, 0) is 49.3 Å². The van der Waals surface area contributed by atoms with E-state index in [0.29, 0.717) is 29.3 Å². The average molecular weight is 465 g/mol. The monoisotopic (exact) mass is 464 g/mol. The number of carbonyl (C=O) groups excluding carboxylic acids is 3. The highest BCUT2D eigenvalue weighted by atomic mass is 32.1. The first-order chi connectivity index (χ1) is 16.0. The topological polar surface area (TPSA) is 73.8 Å². The van der Waals surface area contributed by atoms with Crippen molar-refractivity contribution in [2.45, 2.75) is 27.2 Å². The minimum Gasteiger partial charge on any atom is -0.302 e. The molecule has 0 fully saturated rings. The zero-order valence-electron chi connectivity index (χ0n) is 19.2. The van der Waals surface area contributed by atoms with Crippen molar-refractivity contribution in [3.63, 3.8) is 0 Å². The number of anilines is 1. The van der Waals surface area contributed by atoms with Crippen LogP contribution >= 0.6 is 11.3 Å². The SMILES string of the molecule is CCc1ccc2nc(N(CCN(CC)CC)C(=O)CN3C(=O)c4ccccc4C3=O)sc2c1. The van der Waals surface area contributed by atoms with E-state index in [1.807, 2.05) is 12.1 Å². The minimum absolute atomic E-state index is 0.305. The van der Waals surface area contributed by atoms with Crippen LogP contribution in [0.3, 0.4) is 0 Å². The largest absolute Gasteiger partial charge is 0.302 e. The molecule has 2 heterocycles. The van der Waals surface area contributed by atoms with E-state index >= 15 is 0 Å². The number of amides is 3. The van der Waals surface area contributed by atoms with E-state index < -0.39 is 11.8 Å². The quantitative estimate of drug-likeness (QED) is 0.450. The van der Waals surface area contributed by atoms with Crippen molar-refractivity contribution in [3.8, 4) is 0 Å². The number of imide groups is 1. The normalized spacial score (nSPS) is 13.3. The summed E-state index contributed by atoms with van der Waals surface area (Å²) in [5.41, 5.74) is 2.74. The Morgan fingerprint density at radius 3 is 2.24 bits per heavy atom. The fourth-order valence-corrected chi connectivity index (χ4v) is 5.08. The Balaban J connectivity index is 1.61. The highest BCUT2D eigenvalue weighted by Gasteiger charge is 2.37. The second-order valence-electron chi connectivity index (χ2n) is 7.97. The summed E-state index contributed by atoms with van der Waals surface area (Å²) in [7, 11) is 0. The predicted molar refractivity (Wildman–Crippen MR) is 131 cm³/mol. The lowest BCUT2D eigenvalue weighted by Crippen LogP contribution is -2.45. The lowest BCUT2D eigenvalue weighted by Gasteiger charge is -2.26. The predicted octanol–water partition coefficient (Wildman–Crippen LogP) is 3.83. The number of nitrogens with zero attached hydrogens (tertiary/aromatic N) is 4. The molecule has 2 aromatic carbocycles. The van der Waals surface area contributed by atoms with Crippen LogP contribution in [0, 0.1) is 0 Å². The first-order valence-electron chi connectivity index (χ1n) is 11.3. The van der Waals surface area contributed by atoms with Gasteiger partial charge in [0.1, 0.15) is 6.54 Å². The molecule has 7 nitrogen and oxygen atoms in total. The molecule has 172 valence electrons. The molecule has 8 heteroatoms. The van der Waals surface area contributed by atoms with Gasteiger partial charge in [-0.15, -0.1) is 0 Å². The summed E-state index contributed by atoms with van der Waals surface area (Å²) in [4.78, 5) is 48.6. The van der Waals surface area contributed by atoms with Gasteiger partial charge in [0.15, 0.2) is 5.13 Å². The number of carbonyl (C=O) groups is 3. The summed E-state index contributed by atoms with van der Waals surface area (Å²) in [6.45, 7) is 8.82. The summed E-state index contributed by atoms with van der Waals surface area (Å²) in [5.74, 6) is -1.17. The number of benzene rings is 2. The number of thiazole rings is 1. The Labute approximate surface area is 197 Å². The third-order valence-corrected chi connectivity index (χ3v) is 7.13. The zero-order valence-corrected chi connectivity index (χ0v) is 20.0. The molecule has 0 saturated heterocycles. The summed E-state index contributed by atoms with van der Waals surface area (Å²) in [5, 5.41) is 0.590. The molecule has 0 saturated carbocycles. The van der Waals surface area contributed by atoms with Gasteiger partial charge in [-0.25, -0.2) is 4.98 Å². The van der Waals surface area contributed by atoms with Crippen LogP contribution in [0.25, 0.3) is 10.2 Å². The van der Waals surface area contributed by atoms with E-state index in [-0.39, 0.29) is 12.5 Å². The molecule has 0 aliphatic carbocycles. The average Bonchev–Trinajstić information content (AvgIpc) is 3.36. The number of aromatic nitrogens is 1. The lowest BCUT2D eigenvalue weighted by atomic mass is 10.1. The summed E-state index contributed by atoms with van der Waals surface area (Å²) >= 11 is 1.46. The Morgan fingerprint density at radius 1 is 0.970 bits per heavy atom. The molecule has 33 heavy (non-hydrogen) atoms. The number of aryl methyl sites for hydroxylation is 1. The van der Waals surface area contributed by atoms with Crippen LogP contribution in [-0.2, 0) is 11.2 Å². The Hall–Kier alpha value is -3.10. The molecular weight excluding hydrogens is 436 g/mol. The molecule has 0 atom stereocenters. The second kappa shape index (κ2) is 9.80. The van der Waals surface area contributed by atoms with Crippen molar-refractivity contribution >= 4 is 44.4 Å². The van der Waals surface area contributed by atoms with Gasteiger partial charge in [-0.2, -0.15) is 0 Å². The highest BCUT2D eigenvalue weighted by Crippen LogP contribution is 2.30. The fourth-order valence-electron chi connectivity index (χ4n) is 4.00. The number of likely N-dealkylation sites (N-methyl/N-ethyl adjacent to an activating group) is 1. The number of fused-ring (bicyclic) bond motifs is 2. The Bertz CT molecular complexity index is 1170. The van der Waals surface area contributed by atoms with Crippen molar-refractivity contribution < 1.29 is 14.4 Å². The van der Waals surface area contributed by atoms with Crippen LogP contribution in [0.15, 0.2) is 42.5 Å². The van der Waals surface area contributed by atoms with Crippen LogP contribution < -0.4 is 4.90 Å². The lowest BCUT2D eigenvalue weighted by molar-refractivity contribution is -0.119. The molecule has 1 aromatic heterocycles. The van der Waals surface area contributed by atoms with E-state index in [1.165, 1.54) is 16.9 Å². The van der Waals surface area contributed by atoms with Crippen LogP contribution in [0.5, 0.6) is 0 Å². The van der Waals surface area contributed by atoms with E-state index in [1.54, 1.807) is 29.2 Å². The maximum atomic E-state index is 13.5. The van der Waals surface area contributed by atoms with Crippen molar-refractivity contribution in [1.29, 1.82) is 0 Å². The van der Waals surface area contributed by atoms with E-state index in [4.69, 9.17) is 4.98 Å². The molecule has 0 N–H and O–H groups in total. The zero-order chi connectivity index (χ0) is 23.5. The van der Waals surface area contributed by atoms with Crippen LogP contribution in [0.4, 0.5) is 5.13 Å². The van der Waals surface area contributed by atoms with Gasteiger partial charge in [0.05, 0.1) is 21.3 Å².